The summed E-state index contributed by atoms with van der Waals surface area (Å²) in [5.74, 6) is 2.26. The molecule has 0 fully saturated rings. The molecule has 0 radical (unpaired) electrons. The van der Waals surface area contributed by atoms with Crippen molar-refractivity contribution < 1.29 is 18.6 Å². The Bertz CT molecular complexity index is 1400. The summed E-state index contributed by atoms with van der Waals surface area (Å²) in [5, 5.41) is 0.248. The zero-order valence-electron chi connectivity index (χ0n) is 17.7. The van der Waals surface area contributed by atoms with Gasteiger partial charge in [0.2, 0.25) is 11.1 Å². The lowest BCUT2D eigenvalue weighted by molar-refractivity contribution is 0.354. The second-order valence-corrected chi connectivity index (χ2v) is 7.03. The van der Waals surface area contributed by atoms with Crippen LogP contribution in [0.15, 0.2) is 50.4 Å². The minimum absolute atomic E-state index is 0.0237. The quantitative estimate of drug-likeness (QED) is 0.441. The highest BCUT2D eigenvalue weighted by atomic mass is 16.5. The molecule has 2 heterocycles. The van der Waals surface area contributed by atoms with E-state index in [0.29, 0.717) is 47.0 Å². The van der Waals surface area contributed by atoms with Crippen molar-refractivity contribution in [3.63, 3.8) is 0 Å². The van der Waals surface area contributed by atoms with Crippen LogP contribution in [0.1, 0.15) is 11.4 Å². The van der Waals surface area contributed by atoms with Crippen molar-refractivity contribution in [3.05, 3.63) is 68.4 Å². The maximum absolute atomic E-state index is 13.2. The fourth-order valence-electron chi connectivity index (χ4n) is 3.59. The van der Waals surface area contributed by atoms with Crippen molar-refractivity contribution in [2.75, 3.05) is 21.3 Å². The van der Waals surface area contributed by atoms with Crippen LogP contribution in [0.2, 0.25) is 0 Å². The summed E-state index contributed by atoms with van der Waals surface area (Å²) in [6, 6.07) is 10.4. The molecule has 0 aliphatic heterocycles. The molecule has 0 amide bonds. The molecule has 8 heteroatoms. The summed E-state index contributed by atoms with van der Waals surface area (Å²) in [4.78, 5) is 30.6. The molecule has 0 spiro atoms. The lowest BCUT2D eigenvalue weighted by atomic mass is 10.1. The maximum atomic E-state index is 13.2. The van der Waals surface area contributed by atoms with Crippen LogP contribution in [0.3, 0.4) is 0 Å². The van der Waals surface area contributed by atoms with Gasteiger partial charge in [0.15, 0.2) is 16.9 Å². The summed E-state index contributed by atoms with van der Waals surface area (Å²) in [6.07, 6.45) is 0.546. The number of hydrogen-bond donors (Lipinski definition) is 0. The predicted octanol–water partition coefficient (Wildman–Crippen LogP) is 3.08. The Morgan fingerprint density at radius 2 is 1.74 bits per heavy atom. The number of methoxy groups -OCH3 is 3. The second kappa shape index (κ2) is 8.14. The SMILES string of the molecule is COc1ccc2c(=O)c3c(=O)n(CCc4ccc(OC)c(OC)c4)c(C)nc3oc2c1. The first-order chi connectivity index (χ1) is 15.0. The largest absolute Gasteiger partial charge is 0.497 e. The smallest absolute Gasteiger partial charge is 0.268 e. The number of ether oxygens (including phenoxy) is 3. The van der Waals surface area contributed by atoms with Gasteiger partial charge in [0.1, 0.15) is 17.2 Å². The zero-order chi connectivity index (χ0) is 22.1. The molecule has 4 aromatic rings. The Hall–Kier alpha value is -3.81. The van der Waals surface area contributed by atoms with Gasteiger partial charge in [-0.25, -0.2) is 0 Å². The van der Waals surface area contributed by atoms with Gasteiger partial charge in [0, 0.05) is 12.6 Å². The van der Waals surface area contributed by atoms with Crippen LogP contribution in [0, 0.1) is 6.92 Å². The van der Waals surface area contributed by atoms with E-state index in [9.17, 15) is 9.59 Å². The van der Waals surface area contributed by atoms with Gasteiger partial charge in [-0.3, -0.25) is 14.2 Å². The standard InChI is InChI=1S/C23H22N2O6/c1-13-24-22-20(21(26)16-7-6-15(28-2)12-18(16)31-22)23(27)25(13)10-9-14-5-8-17(29-3)19(11-14)30-4/h5-8,11-12H,9-10H2,1-4H3. The van der Waals surface area contributed by atoms with Gasteiger partial charge < -0.3 is 18.6 Å². The van der Waals surface area contributed by atoms with E-state index < -0.39 is 11.0 Å². The third kappa shape index (κ3) is 3.61. The van der Waals surface area contributed by atoms with E-state index in [1.807, 2.05) is 18.2 Å². The molecule has 0 atom stereocenters. The van der Waals surface area contributed by atoms with Crippen molar-refractivity contribution in [2.24, 2.45) is 0 Å². The van der Waals surface area contributed by atoms with Crippen molar-refractivity contribution in [2.45, 2.75) is 19.9 Å². The number of benzene rings is 2. The molecule has 2 aromatic heterocycles. The molecule has 0 bridgehead atoms. The van der Waals surface area contributed by atoms with Crippen molar-refractivity contribution in [1.82, 2.24) is 9.55 Å². The lowest BCUT2D eigenvalue weighted by Crippen LogP contribution is -2.28. The van der Waals surface area contributed by atoms with Gasteiger partial charge >= 0.3 is 0 Å². The van der Waals surface area contributed by atoms with Crippen molar-refractivity contribution in [3.8, 4) is 17.2 Å². The fraction of sp³-hybridized carbons (Fsp3) is 0.261. The van der Waals surface area contributed by atoms with Crippen LogP contribution in [0.4, 0.5) is 0 Å². The maximum Gasteiger partial charge on any atom is 0.268 e. The zero-order valence-corrected chi connectivity index (χ0v) is 17.7. The molecule has 0 saturated heterocycles. The molecule has 4 rings (SSSR count). The van der Waals surface area contributed by atoms with E-state index in [0.717, 1.165) is 5.56 Å². The highest BCUT2D eigenvalue weighted by molar-refractivity contribution is 5.88. The van der Waals surface area contributed by atoms with E-state index in [-0.39, 0.29) is 11.1 Å². The number of fused-ring (bicyclic) bond motifs is 2. The monoisotopic (exact) mass is 422 g/mol. The summed E-state index contributed by atoms with van der Waals surface area (Å²) in [5.41, 5.74) is 0.481. The molecule has 2 aromatic carbocycles. The first-order valence-electron chi connectivity index (χ1n) is 9.69. The first kappa shape index (κ1) is 20.5. The Morgan fingerprint density at radius 1 is 0.968 bits per heavy atom. The van der Waals surface area contributed by atoms with E-state index in [2.05, 4.69) is 4.98 Å². The molecule has 0 saturated carbocycles. The Balaban J connectivity index is 1.77. The fourth-order valence-corrected chi connectivity index (χ4v) is 3.59. The topological polar surface area (TPSA) is 92.8 Å². The lowest BCUT2D eigenvalue weighted by Gasteiger charge is -2.12. The summed E-state index contributed by atoms with van der Waals surface area (Å²) >= 11 is 0. The van der Waals surface area contributed by atoms with Gasteiger partial charge in [-0.15, -0.1) is 0 Å². The number of rotatable bonds is 6. The summed E-state index contributed by atoms with van der Waals surface area (Å²) in [6.45, 7) is 2.06. The summed E-state index contributed by atoms with van der Waals surface area (Å²) < 4.78 is 23.0. The highest BCUT2D eigenvalue weighted by Crippen LogP contribution is 2.28. The molecular formula is C23H22N2O6. The van der Waals surface area contributed by atoms with Crippen molar-refractivity contribution >= 4 is 22.1 Å². The number of aryl methyl sites for hydroxylation is 2. The highest BCUT2D eigenvalue weighted by Gasteiger charge is 2.17. The molecule has 8 nitrogen and oxygen atoms in total. The normalized spacial score (nSPS) is 11.1. The van der Waals surface area contributed by atoms with Crippen LogP contribution >= 0.6 is 0 Å². The average Bonchev–Trinajstić information content (AvgIpc) is 2.78. The van der Waals surface area contributed by atoms with Crippen LogP contribution < -0.4 is 25.2 Å². The van der Waals surface area contributed by atoms with Gasteiger partial charge in [0.05, 0.1) is 26.7 Å². The molecule has 0 unspecified atom stereocenters. The molecular weight excluding hydrogens is 400 g/mol. The minimum atomic E-state index is -0.422. The van der Waals surface area contributed by atoms with Gasteiger partial charge in [0.25, 0.3) is 5.56 Å². The second-order valence-electron chi connectivity index (χ2n) is 7.03. The molecule has 0 aliphatic rings. The Kier molecular flexibility index (Phi) is 5.37. The molecule has 160 valence electrons. The number of aromatic nitrogens is 2. The van der Waals surface area contributed by atoms with Crippen LogP contribution in [-0.4, -0.2) is 30.9 Å². The van der Waals surface area contributed by atoms with Gasteiger partial charge in [-0.2, -0.15) is 4.98 Å². The van der Waals surface area contributed by atoms with Gasteiger partial charge in [-0.1, -0.05) is 6.07 Å². The Morgan fingerprint density at radius 3 is 2.45 bits per heavy atom. The van der Waals surface area contributed by atoms with E-state index in [4.69, 9.17) is 18.6 Å². The third-order valence-corrected chi connectivity index (χ3v) is 5.27. The third-order valence-electron chi connectivity index (χ3n) is 5.27. The predicted molar refractivity (Wildman–Crippen MR) is 117 cm³/mol. The van der Waals surface area contributed by atoms with Crippen LogP contribution in [-0.2, 0) is 13.0 Å². The van der Waals surface area contributed by atoms with Crippen LogP contribution in [0.5, 0.6) is 17.2 Å². The summed E-state index contributed by atoms with van der Waals surface area (Å²) in [7, 11) is 4.68. The molecule has 31 heavy (non-hydrogen) atoms. The molecule has 0 N–H and O–H groups in total. The van der Waals surface area contributed by atoms with Crippen molar-refractivity contribution in [1.29, 1.82) is 0 Å². The van der Waals surface area contributed by atoms with Gasteiger partial charge in [-0.05, 0) is 43.2 Å². The van der Waals surface area contributed by atoms with Crippen LogP contribution in [0.25, 0.3) is 22.1 Å². The average molecular weight is 422 g/mol. The minimum Gasteiger partial charge on any atom is -0.497 e. The van der Waals surface area contributed by atoms with E-state index in [1.54, 1.807) is 39.3 Å². The Labute approximate surface area is 177 Å². The first-order valence-corrected chi connectivity index (χ1v) is 9.69. The van der Waals surface area contributed by atoms with E-state index >= 15 is 0 Å². The molecule has 0 aliphatic carbocycles. The number of hydrogen-bond acceptors (Lipinski definition) is 7. The number of nitrogens with zero attached hydrogens (tertiary/aromatic N) is 2. The van der Waals surface area contributed by atoms with E-state index in [1.165, 1.54) is 11.7 Å².